The van der Waals surface area contributed by atoms with E-state index in [1.807, 2.05) is 18.7 Å². The van der Waals surface area contributed by atoms with Crippen LogP contribution in [0.15, 0.2) is 0 Å². The van der Waals surface area contributed by atoms with Gasteiger partial charge in [-0.2, -0.15) is 0 Å². The van der Waals surface area contributed by atoms with Gasteiger partial charge in [0.25, 0.3) is 0 Å². The van der Waals surface area contributed by atoms with Gasteiger partial charge in [0.15, 0.2) is 0 Å². The Hall–Kier alpha value is -0.130. The second-order valence-electron chi connectivity index (χ2n) is 2.58. The second kappa shape index (κ2) is 5.51. The molecule has 1 unspecified atom stereocenters. The molecule has 0 aromatic heterocycles. The van der Waals surface area contributed by atoms with Crippen LogP contribution in [0.4, 0.5) is 0 Å². The Morgan fingerprint density at radius 2 is 2.55 bits per heavy atom. The maximum Gasteiger partial charge on any atom is 0.0585 e. The summed E-state index contributed by atoms with van der Waals surface area (Å²) in [4.78, 5) is 0. The molecule has 0 amide bonds. The van der Waals surface area contributed by atoms with Crippen molar-refractivity contribution in [1.82, 2.24) is 0 Å². The molecule has 0 saturated carbocycles. The topological polar surface area (TPSA) is 9.23 Å². The summed E-state index contributed by atoms with van der Waals surface area (Å²) in [7, 11) is 0. The predicted molar refractivity (Wildman–Crippen MR) is 49.7 cm³/mol. The van der Waals surface area contributed by atoms with Crippen LogP contribution in [0.5, 0.6) is 0 Å². The third-order valence-corrected chi connectivity index (χ3v) is 2.84. The molecule has 1 atom stereocenters. The molecule has 0 bridgehead atoms. The lowest BCUT2D eigenvalue weighted by atomic mass is 10.2. The molecule has 1 fully saturated rings. The number of hydrogen-bond donors (Lipinski definition) is 0. The predicted octanol–water partition coefficient (Wildman–Crippen LogP) is 1.92. The smallest absolute Gasteiger partial charge is 0.0585 e. The van der Waals surface area contributed by atoms with Gasteiger partial charge in [-0.05, 0) is 19.8 Å². The summed E-state index contributed by atoms with van der Waals surface area (Å²) in [5.41, 5.74) is 0. The summed E-state index contributed by atoms with van der Waals surface area (Å²) < 4.78 is 5.34. The van der Waals surface area contributed by atoms with E-state index in [0.29, 0.717) is 5.25 Å². The lowest BCUT2D eigenvalue weighted by molar-refractivity contribution is 0.101. The van der Waals surface area contributed by atoms with Crippen LogP contribution in [-0.2, 0) is 4.74 Å². The largest absolute Gasteiger partial charge is 0.380 e. The van der Waals surface area contributed by atoms with Gasteiger partial charge < -0.3 is 4.74 Å². The normalized spacial score (nSPS) is 23.9. The third-order valence-electron chi connectivity index (χ3n) is 1.69. The molecule has 1 saturated heterocycles. The number of thioether (sulfide) groups is 1. The molecule has 1 nitrogen and oxygen atoms in total. The van der Waals surface area contributed by atoms with Gasteiger partial charge in [-0.15, -0.1) is 17.7 Å². The fraction of sp³-hybridized carbons (Fsp3) is 0.778. The molecule has 2 heteroatoms. The molecular weight excluding hydrogens is 156 g/mol. The van der Waals surface area contributed by atoms with E-state index in [0.717, 1.165) is 19.0 Å². The minimum atomic E-state index is 0.699. The average Bonchev–Trinajstić information content (AvgIpc) is 2.07. The standard InChI is InChI=1S/C9H14OS/c1-2-3-7-11-9-5-4-6-10-8-9/h9H,4-8H2,1H3. The number of hydrogen-bond acceptors (Lipinski definition) is 2. The molecule has 1 rings (SSSR count). The molecule has 0 N–H and O–H groups in total. The Morgan fingerprint density at radius 3 is 3.18 bits per heavy atom. The van der Waals surface area contributed by atoms with E-state index in [2.05, 4.69) is 11.8 Å². The zero-order valence-corrected chi connectivity index (χ0v) is 7.75. The molecule has 0 aromatic rings. The van der Waals surface area contributed by atoms with Crippen LogP contribution in [0.3, 0.4) is 0 Å². The van der Waals surface area contributed by atoms with Gasteiger partial charge in [-0.25, -0.2) is 0 Å². The van der Waals surface area contributed by atoms with Crippen LogP contribution in [-0.4, -0.2) is 24.2 Å². The zero-order valence-electron chi connectivity index (χ0n) is 6.93. The fourth-order valence-corrected chi connectivity index (χ4v) is 2.06. The van der Waals surface area contributed by atoms with Crippen molar-refractivity contribution in [3.63, 3.8) is 0 Å². The third kappa shape index (κ3) is 3.69. The van der Waals surface area contributed by atoms with E-state index >= 15 is 0 Å². The summed E-state index contributed by atoms with van der Waals surface area (Å²) in [5.74, 6) is 6.91. The van der Waals surface area contributed by atoms with Crippen molar-refractivity contribution >= 4 is 11.8 Å². The Labute approximate surface area is 72.9 Å². The van der Waals surface area contributed by atoms with E-state index in [-0.39, 0.29) is 0 Å². The molecule has 0 aliphatic carbocycles. The molecular formula is C9H14OS. The fourth-order valence-electron chi connectivity index (χ4n) is 1.07. The molecule has 0 spiro atoms. The minimum Gasteiger partial charge on any atom is -0.380 e. The first kappa shape index (κ1) is 8.96. The number of ether oxygens (including phenoxy) is 1. The second-order valence-corrected chi connectivity index (χ2v) is 3.87. The van der Waals surface area contributed by atoms with Crippen molar-refractivity contribution in [3.8, 4) is 11.8 Å². The Morgan fingerprint density at radius 1 is 1.64 bits per heavy atom. The molecule has 1 aliphatic rings. The van der Waals surface area contributed by atoms with Crippen LogP contribution in [0.25, 0.3) is 0 Å². The van der Waals surface area contributed by atoms with Crippen molar-refractivity contribution in [2.45, 2.75) is 25.0 Å². The van der Waals surface area contributed by atoms with Gasteiger partial charge in [-0.3, -0.25) is 0 Å². The first-order chi connectivity index (χ1) is 5.43. The molecule has 1 heterocycles. The highest BCUT2D eigenvalue weighted by Gasteiger charge is 2.12. The highest BCUT2D eigenvalue weighted by atomic mass is 32.2. The van der Waals surface area contributed by atoms with Crippen molar-refractivity contribution < 1.29 is 4.74 Å². The molecule has 0 aromatic carbocycles. The van der Waals surface area contributed by atoms with Crippen LogP contribution in [0.2, 0.25) is 0 Å². The van der Waals surface area contributed by atoms with Crippen LogP contribution < -0.4 is 0 Å². The van der Waals surface area contributed by atoms with E-state index in [1.165, 1.54) is 12.8 Å². The molecule has 0 radical (unpaired) electrons. The lowest BCUT2D eigenvalue weighted by Crippen LogP contribution is -2.19. The first-order valence-electron chi connectivity index (χ1n) is 4.02. The Balaban J connectivity index is 2.08. The summed E-state index contributed by atoms with van der Waals surface area (Å²) in [5, 5.41) is 0.699. The van der Waals surface area contributed by atoms with Gasteiger partial charge in [-0.1, -0.05) is 5.92 Å². The maximum atomic E-state index is 5.34. The van der Waals surface area contributed by atoms with Crippen molar-refractivity contribution in [2.24, 2.45) is 0 Å². The summed E-state index contributed by atoms with van der Waals surface area (Å²) in [6, 6.07) is 0. The monoisotopic (exact) mass is 170 g/mol. The van der Waals surface area contributed by atoms with Crippen LogP contribution in [0, 0.1) is 11.8 Å². The van der Waals surface area contributed by atoms with Crippen molar-refractivity contribution in [2.75, 3.05) is 19.0 Å². The quantitative estimate of drug-likeness (QED) is 0.586. The number of rotatable bonds is 2. The van der Waals surface area contributed by atoms with E-state index < -0.39 is 0 Å². The van der Waals surface area contributed by atoms with Crippen LogP contribution >= 0.6 is 11.8 Å². The van der Waals surface area contributed by atoms with Crippen LogP contribution in [0.1, 0.15) is 19.8 Å². The Kier molecular flexibility index (Phi) is 4.49. The van der Waals surface area contributed by atoms with Crippen molar-refractivity contribution in [1.29, 1.82) is 0 Å². The van der Waals surface area contributed by atoms with Gasteiger partial charge in [0.05, 0.1) is 12.4 Å². The summed E-state index contributed by atoms with van der Waals surface area (Å²) in [6.45, 7) is 3.77. The highest BCUT2D eigenvalue weighted by Crippen LogP contribution is 2.19. The lowest BCUT2D eigenvalue weighted by Gasteiger charge is -2.20. The van der Waals surface area contributed by atoms with E-state index in [9.17, 15) is 0 Å². The SMILES string of the molecule is CC#CCSC1CCCOC1. The Bertz CT molecular complexity index is 151. The first-order valence-corrected chi connectivity index (χ1v) is 5.07. The summed E-state index contributed by atoms with van der Waals surface area (Å²) >= 11 is 1.92. The molecule has 62 valence electrons. The van der Waals surface area contributed by atoms with Crippen molar-refractivity contribution in [3.05, 3.63) is 0 Å². The maximum absolute atomic E-state index is 5.34. The highest BCUT2D eigenvalue weighted by molar-refractivity contribution is 8.00. The average molecular weight is 170 g/mol. The van der Waals surface area contributed by atoms with Gasteiger partial charge in [0.2, 0.25) is 0 Å². The van der Waals surface area contributed by atoms with Gasteiger partial charge >= 0.3 is 0 Å². The zero-order chi connectivity index (χ0) is 7.94. The summed E-state index contributed by atoms with van der Waals surface area (Å²) in [6.07, 6.45) is 2.52. The van der Waals surface area contributed by atoms with E-state index in [1.54, 1.807) is 0 Å². The van der Waals surface area contributed by atoms with Gasteiger partial charge in [0, 0.05) is 11.9 Å². The minimum absolute atomic E-state index is 0.699. The molecule has 11 heavy (non-hydrogen) atoms. The van der Waals surface area contributed by atoms with Gasteiger partial charge in [0.1, 0.15) is 0 Å². The van der Waals surface area contributed by atoms with E-state index in [4.69, 9.17) is 4.74 Å². The molecule has 1 aliphatic heterocycles.